The van der Waals surface area contributed by atoms with Crippen molar-refractivity contribution in [1.29, 1.82) is 0 Å². The Bertz CT molecular complexity index is 2140. The maximum absolute atomic E-state index is 11.6. The summed E-state index contributed by atoms with van der Waals surface area (Å²) in [5, 5.41) is 265. The summed E-state index contributed by atoms with van der Waals surface area (Å²) in [5.41, 5.74) is 0. The zero-order valence-electron chi connectivity index (χ0n) is 46.0. The van der Waals surface area contributed by atoms with Crippen molar-refractivity contribution in [3.05, 3.63) is 0 Å². The molecular weight excluding hydrogens is 1220 g/mol. The minimum atomic E-state index is -2.29. The van der Waals surface area contributed by atoms with Crippen molar-refractivity contribution in [3.8, 4) is 0 Å². The highest BCUT2D eigenvalue weighted by molar-refractivity contribution is 5.02. The third-order valence-electron chi connectivity index (χ3n) is 16.9. The SMILES string of the molecule is OCC1O[C@H]2O[C@@H]3C(CO)O[C@H](O[C@@H]4C(CO)O[C@H](O[C@@H]5C(CO)O[C@H](O[C@@H]6C(CO)O[C@H](O[C@@H]7C(CO)O[C@H](O[C@@H]8C(CO)OC(O[C@@H]9C(CO)O[C@H](O[C@H](C2O)[C@@H]1O)C(O)[C@H]9O)[C@@H](O)[C@H]8O)C(O)[C@H]7O)C(O)[C@H]6O)C(O)[C@H]5O)C(O)[C@H]4O)C(O)[C@H]3O. The molecule has 0 saturated carbocycles. The van der Waals surface area contributed by atoms with E-state index in [0.717, 1.165) is 0 Å². The first-order chi connectivity index (χ1) is 41.9. The number of hydrogen-bond donors (Lipinski definition) is 24. The molecule has 0 amide bonds. The summed E-state index contributed by atoms with van der Waals surface area (Å²) in [6.07, 6.45) is -82.4. The molecule has 40 heteroatoms. The second-order valence-corrected chi connectivity index (χ2v) is 22.5. The van der Waals surface area contributed by atoms with E-state index in [4.69, 9.17) is 75.8 Å². The molecule has 40 atom stereocenters. The van der Waals surface area contributed by atoms with Gasteiger partial charge in [0.1, 0.15) is 195 Å². The van der Waals surface area contributed by atoms with Crippen LogP contribution in [0.3, 0.4) is 0 Å². The molecule has 0 radical (unpaired) electrons. The van der Waals surface area contributed by atoms with Gasteiger partial charge in [-0.25, -0.2) is 0 Å². The van der Waals surface area contributed by atoms with Crippen LogP contribution in [0.2, 0.25) is 0 Å². The molecular formula is C48H80O40. The Kier molecular flexibility index (Phi) is 24.1. The molecule has 0 spiro atoms. The van der Waals surface area contributed by atoms with Gasteiger partial charge in [0.05, 0.1) is 52.9 Å². The highest BCUT2D eigenvalue weighted by Crippen LogP contribution is 2.40. The van der Waals surface area contributed by atoms with Crippen LogP contribution < -0.4 is 0 Å². The van der Waals surface area contributed by atoms with Gasteiger partial charge in [0, 0.05) is 0 Å². The van der Waals surface area contributed by atoms with Crippen molar-refractivity contribution in [2.45, 2.75) is 246 Å². The third kappa shape index (κ3) is 13.8. The Morgan fingerprint density at radius 3 is 0.432 bits per heavy atom. The molecule has 0 aromatic carbocycles. The van der Waals surface area contributed by atoms with Crippen LogP contribution in [0.5, 0.6) is 0 Å². The van der Waals surface area contributed by atoms with Crippen molar-refractivity contribution in [2.24, 2.45) is 0 Å². The van der Waals surface area contributed by atoms with Crippen LogP contribution in [0.1, 0.15) is 0 Å². The fourth-order valence-corrected chi connectivity index (χ4v) is 11.9. The van der Waals surface area contributed by atoms with E-state index in [1.807, 2.05) is 0 Å². The number of fused-ring (bicyclic) bond motifs is 1. The predicted octanol–water partition coefficient (Wildman–Crippen LogP) is -17.4. The fraction of sp³-hybridized carbons (Fsp3) is 1.00. The standard InChI is InChI=1S/C48H80O40/c49-1-9-17(57)40-32(72)48(73-9)87-39-16(8-56)79-46(30(70)23(39)63)85-37-14(6-54)77-44(28(68)21(37)61)83-35-12(4-52)75-42(26(66)19(35)59)81-33-10(2-50)74-41(25(65)18(33)58)82-34-11(3-51)76-43(27(67)20(34)60)84-36-13(5-53)78-45(29(69)22(36)62)86-38-15(7-55)80-47(88-40)31(71)24(38)64/h9-72H,1-8H2/t9?,10?,11?,12?,13?,14?,15?,16?,17-,18-,19-,20-,21-,22-,23-,24-,25?,26?,27?,28?,29+,30?,31?,32?,33-,34-,35-,36-,37-,38-,39-,40+,41-,42-,43-,44-,45?,46-,47-,48+/m1/s1. The molecule has 19 fully saturated rings. The van der Waals surface area contributed by atoms with Crippen molar-refractivity contribution in [3.63, 3.8) is 0 Å². The number of hydrogen-bond acceptors (Lipinski definition) is 40. The van der Waals surface area contributed by atoms with Crippen LogP contribution in [0.4, 0.5) is 0 Å². The molecule has 88 heavy (non-hydrogen) atoms. The van der Waals surface area contributed by atoms with E-state index in [0.29, 0.717) is 0 Å². The second-order valence-electron chi connectivity index (χ2n) is 22.5. The molecule has 512 valence electrons. The smallest absolute Gasteiger partial charge is 0.187 e. The first-order valence-corrected chi connectivity index (χ1v) is 28.1. The summed E-state index contributed by atoms with van der Waals surface area (Å²) in [6.45, 7) is -8.67. The van der Waals surface area contributed by atoms with E-state index in [1.54, 1.807) is 0 Å². The van der Waals surface area contributed by atoms with E-state index in [-0.39, 0.29) is 0 Å². The Labute approximate surface area is 496 Å². The highest BCUT2D eigenvalue weighted by Gasteiger charge is 2.60. The monoisotopic (exact) mass is 1300 g/mol. The summed E-state index contributed by atoms with van der Waals surface area (Å²) in [7, 11) is 0. The van der Waals surface area contributed by atoms with Crippen LogP contribution in [0.25, 0.3) is 0 Å². The Balaban J connectivity index is 0.990. The number of aliphatic hydroxyl groups excluding tert-OH is 24. The average Bonchev–Trinajstić information content (AvgIpc) is 1.70. The van der Waals surface area contributed by atoms with Crippen LogP contribution in [0, 0.1) is 0 Å². The Morgan fingerprint density at radius 1 is 0.136 bits per heavy atom. The lowest BCUT2D eigenvalue weighted by molar-refractivity contribution is -0.399. The first-order valence-electron chi connectivity index (χ1n) is 28.1. The van der Waals surface area contributed by atoms with Gasteiger partial charge in [-0.05, 0) is 0 Å². The molecule has 19 aliphatic heterocycles. The van der Waals surface area contributed by atoms with Crippen molar-refractivity contribution < 1.29 is 198 Å². The molecule has 19 rings (SSSR count). The van der Waals surface area contributed by atoms with Gasteiger partial charge >= 0.3 is 0 Å². The van der Waals surface area contributed by atoms with E-state index in [1.165, 1.54) is 0 Å². The van der Waals surface area contributed by atoms with Gasteiger partial charge in [-0.1, -0.05) is 0 Å². The predicted molar refractivity (Wildman–Crippen MR) is 261 cm³/mol. The second kappa shape index (κ2) is 30.0. The Morgan fingerprint density at radius 2 is 0.273 bits per heavy atom. The van der Waals surface area contributed by atoms with E-state index in [2.05, 4.69) is 0 Å². The fourth-order valence-electron chi connectivity index (χ4n) is 11.9. The summed E-state index contributed by atoms with van der Waals surface area (Å²) in [4.78, 5) is 0. The quantitative estimate of drug-likeness (QED) is 0.107. The van der Waals surface area contributed by atoms with Gasteiger partial charge in [-0.15, -0.1) is 0 Å². The molecule has 19 saturated heterocycles. The summed E-state index contributed by atoms with van der Waals surface area (Å²) >= 11 is 0. The minimum absolute atomic E-state index is 1.05. The lowest BCUT2D eigenvalue weighted by Crippen LogP contribution is -2.68. The molecule has 19 aliphatic rings. The average molecular weight is 1300 g/mol. The molecule has 16 unspecified atom stereocenters. The van der Waals surface area contributed by atoms with Crippen molar-refractivity contribution in [1.82, 2.24) is 0 Å². The van der Waals surface area contributed by atoms with Gasteiger partial charge in [-0.2, -0.15) is 0 Å². The van der Waals surface area contributed by atoms with Crippen LogP contribution >= 0.6 is 0 Å². The molecule has 40 nitrogen and oxygen atoms in total. The normalized spacial score (nSPS) is 55.4. The maximum Gasteiger partial charge on any atom is 0.187 e. The van der Waals surface area contributed by atoms with Crippen LogP contribution in [-0.2, 0) is 75.8 Å². The molecule has 24 N–H and O–H groups in total. The van der Waals surface area contributed by atoms with Crippen LogP contribution in [0.15, 0.2) is 0 Å². The van der Waals surface area contributed by atoms with E-state index in [9.17, 15) is 123 Å². The minimum Gasteiger partial charge on any atom is -0.394 e. The van der Waals surface area contributed by atoms with Gasteiger partial charge in [0.2, 0.25) is 0 Å². The summed E-state index contributed by atoms with van der Waals surface area (Å²) < 4.78 is 91.1. The zero-order valence-corrected chi connectivity index (χ0v) is 46.0. The lowest BCUT2D eigenvalue weighted by atomic mass is 9.95. The zero-order chi connectivity index (χ0) is 64.1. The van der Waals surface area contributed by atoms with Gasteiger partial charge in [0.25, 0.3) is 0 Å². The molecule has 16 bridgehead atoms. The summed E-state index contributed by atoms with van der Waals surface area (Å²) in [6, 6.07) is 0. The number of aliphatic hydroxyl groups is 24. The van der Waals surface area contributed by atoms with E-state index >= 15 is 0 Å². The maximum atomic E-state index is 11.6. The summed E-state index contributed by atoms with van der Waals surface area (Å²) in [5.74, 6) is 0. The highest BCUT2D eigenvalue weighted by atomic mass is 16.8. The van der Waals surface area contributed by atoms with Crippen LogP contribution in [-0.4, -0.2) is 421 Å². The van der Waals surface area contributed by atoms with E-state index < -0.39 is 299 Å². The molecule has 0 aromatic heterocycles. The Hall–Kier alpha value is -1.60. The molecule has 0 aliphatic carbocycles. The lowest BCUT2D eigenvalue weighted by Gasteiger charge is -2.50. The third-order valence-corrected chi connectivity index (χ3v) is 16.9. The van der Waals surface area contributed by atoms with Gasteiger partial charge in [0.15, 0.2) is 50.3 Å². The number of rotatable bonds is 8. The van der Waals surface area contributed by atoms with Gasteiger partial charge in [-0.3, -0.25) is 0 Å². The number of ether oxygens (including phenoxy) is 16. The van der Waals surface area contributed by atoms with Gasteiger partial charge < -0.3 is 198 Å². The largest absolute Gasteiger partial charge is 0.394 e. The first kappa shape index (κ1) is 70.7. The van der Waals surface area contributed by atoms with Crippen molar-refractivity contribution >= 4 is 0 Å². The molecule has 0 aromatic rings. The molecule has 19 heterocycles. The van der Waals surface area contributed by atoms with Crippen molar-refractivity contribution in [2.75, 3.05) is 52.9 Å². The topological polar surface area (TPSA) is 633 Å².